The Morgan fingerprint density at radius 1 is 0.896 bits per heavy atom. The van der Waals surface area contributed by atoms with Gasteiger partial charge in [0.1, 0.15) is 6.10 Å². The Hall–Kier alpha value is -5.17. The van der Waals surface area contributed by atoms with Crippen molar-refractivity contribution in [3.05, 3.63) is 126 Å². The minimum Gasteiger partial charge on any atom is -0.458 e. The molecule has 4 aromatic rings. The number of aliphatic imine (C=N–C) groups is 1. The molecule has 246 valence electrons. The van der Waals surface area contributed by atoms with Crippen molar-refractivity contribution in [1.29, 1.82) is 0 Å². The summed E-state index contributed by atoms with van der Waals surface area (Å²) in [4.78, 5) is 35.3. The summed E-state index contributed by atoms with van der Waals surface area (Å²) >= 11 is 0. The maximum atomic E-state index is 13.5. The zero-order valence-electron chi connectivity index (χ0n) is 28.1. The SMILES string of the molecule is CCN1C(=O)/C(=C\c2ccc(N(c3ccccc3)c3ccccc3)cc2)O/C1=N/c1ccccc1C(=O)OC1CC(C)CCC1C(C)C. The highest BCUT2D eigenvalue weighted by Gasteiger charge is 2.36. The molecule has 1 aliphatic heterocycles. The Morgan fingerprint density at radius 3 is 2.12 bits per heavy atom. The topological polar surface area (TPSA) is 71.4 Å². The van der Waals surface area contributed by atoms with Crippen LogP contribution >= 0.6 is 0 Å². The standard InChI is InChI=1S/C41H43N3O4/c1-5-43-39(45)38(27-30-21-23-33(24-22-30)44(31-14-8-6-9-15-31)32-16-10-7-11-17-32)48-41(43)42-36-19-13-12-18-35(36)40(46)47-37-26-29(4)20-25-34(37)28(2)3/h6-19,21-24,27-29,34,37H,5,20,25-26H2,1-4H3/b38-27+,42-41+. The van der Waals surface area contributed by atoms with Crippen LogP contribution in [-0.4, -0.2) is 35.4 Å². The molecule has 4 aromatic carbocycles. The summed E-state index contributed by atoms with van der Waals surface area (Å²) in [6, 6.07) is 35.6. The maximum absolute atomic E-state index is 13.5. The first-order chi connectivity index (χ1) is 23.3. The molecule has 0 spiro atoms. The molecule has 0 N–H and O–H groups in total. The van der Waals surface area contributed by atoms with E-state index in [1.807, 2.05) is 73.7 Å². The number of benzene rings is 4. The summed E-state index contributed by atoms with van der Waals surface area (Å²) in [6.45, 7) is 8.83. The summed E-state index contributed by atoms with van der Waals surface area (Å²) in [5.74, 6) is 0.751. The third kappa shape index (κ3) is 7.20. The Morgan fingerprint density at radius 2 is 1.50 bits per heavy atom. The molecule has 7 nitrogen and oxygen atoms in total. The van der Waals surface area contributed by atoms with Crippen LogP contribution in [0.1, 0.15) is 62.9 Å². The van der Waals surface area contributed by atoms with Crippen LogP contribution in [0, 0.1) is 17.8 Å². The van der Waals surface area contributed by atoms with Gasteiger partial charge in [0, 0.05) is 23.6 Å². The Labute approximate surface area is 283 Å². The van der Waals surface area contributed by atoms with Crippen LogP contribution in [0.3, 0.4) is 0 Å². The van der Waals surface area contributed by atoms with Gasteiger partial charge in [-0.25, -0.2) is 4.79 Å². The summed E-state index contributed by atoms with van der Waals surface area (Å²) in [6.07, 6.45) is 4.66. The first kappa shape index (κ1) is 32.8. The second-order valence-electron chi connectivity index (χ2n) is 12.9. The van der Waals surface area contributed by atoms with Gasteiger partial charge in [-0.1, -0.05) is 87.9 Å². The summed E-state index contributed by atoms with van der Waals surface area (Å²) in [7, 11) is 0. The van der Waals surface area contributed by atoms with E-state index in [0.29, 0.717) is 35.5 Å². The van der Waals surface area contributed by atoms with Gasteiger partial charge in [-0.05, 0) is 97.7 Å². The Balaban J connectivity index is 1.24. The van der Waals surface area contributed by atoms with Crippen molar-refractivity contribution >= 4 is 46.7 Å². The number of para-hydroxylation sites is 3. The number of anilines is 3. The summed E-state index contributed by atoms with van der Waals surface area (Å²) in [5.41, 5.74) is 4.64. The van der Waals surface area contributed by atoms with Crippen molar-refractivity contribution in [3.63, 3.8) is 0 Å². The number of hydrogen-bond donors (Lipinski definition) is 0. The van der Waals surface area contributed by atoms with Crippen LogP contribution in [0.2, 0.25) is 0 Å². The average Bonchev–Trinajstić information content (AvgIpc) is 3.39. The van der Waals surface area contributed by atoms with E-state index in [1.165, 1.54) is 4.90 Å². The van der Waals surface area contributed by atoms with Crippen LogP contribution in [0.25, 0.3) is 6.08 Å². The third-order valence-electron chi connectivity index (χ3n) is 9.24. The van der Waals surface area contributed by atoms with Crippen LogP contribution < -0.4 is 4.90 Å². The molecular weight excluding hydrogens is 598 g/mol. The summed E-state index contributed by atoms with van der Waals surface area (Å²) < 4.78 is 12.2. The number of likely N-dealkylation sites (N-methyl/N-ethyl adjacent to an activating group) is 1. The fraction of sp³-hybridized carbons (Fsp3) is 0.293. The predicted molar refractivity (Wildman–Crippen MR) is 192 cm³/mol. The lowest BCUT2D eigenvalue weighted by molar-refractivity contribution is -0.122. The Bertz CT molecular complexity index is 1740. The molecule has 3 unspecified atom stereocenters. The highest BCUT2D eigenvalue weighted by Crippen LogP contribution is 2.37. The van der Waals surface area contributed by atoms with Gasteiger partial charge in [-0.3, -0.25) is 9.69 Å². The number of carbonyl (C=O) groups excluding carboxylic acids is 2. The van der Waals surface area contributed by atoms with Gasteiger partial charge in [0.05, 0.1) is 11.3 Å². The van der Waals surface area contributed by atoms with E-state index >= 15 is 0 Å². The number of rotatable bonds is 9. The second kappa shape index (κ2) is 14.7. The second-order valence-corrected chi connectivity index (χ2v) is 12.9. The molecule has 6 rings (SSSR count). The molecule has 7 heteroatoms. The van der Waals surface area contributed by atoms with Gasteiger partial charge in [-0.2, -0.15) is 4.99 Å². The molecule has 0 bridgehead atoms. The molecule has 0 radical (unpaired) electrons. The van der Waals surface area contributed by atoms with Crippen molar-refractivity contribution in [2.75, 3.05) is 11.4 Å². The third-order valence-corrected chi connectivity index (χ3v) is 9.24. The van der Waals surface area contributed by atoms with Gasteiger partial charge >= 0.3 is 12.0 Å². The van der Waals surface area contributed by atoms with Crippen molar-refractivity contribution in [3.8, 4) is 0 Å². The molecule has 1 amide bonds. The zero-order chi connectivity index (χ0) is 33.6. The van der Waals surface area contributed by atoms with Crippen LogP contribution in [0.15, 0.2) is 120 Å². The number of hydrogen-bond acceptors (Lipinski definition) is 6. The molecule has 1 saturated carbocycles. The fourth-order valence-electron chi connectivity index (χ4n) is 6.64. The summed E-state index contributed by atoms with van der Waals surface area (Å²) in [5, 5.41) is 0. The maximum Gasteiger partial charge on any atom is 0.340 e. The lowest BCUT2D eigenvalue weighted by Gasteiger charge is -2.36. The van der Waals surface area contributed by atoms with E-state index in [1.54, 1.807) is 24.3 Å². The Kier molecular flexibility index (Phi) is 10.0. The first-order valence-electron chi connectivity index (χ1n) is 16.9. The van der Waals surface area contributed by atoms with Gasteiger partial charge in [0.15, 0.2) is 5.76 Å². The number of esters is 1. The molecule has 0 aromatic heterocycles. The number of ether oxygens (including phenoxy) is 2. The predicted octanol–water partition coefficient (Wildman–Crippen LogP) is 9.68. The van der Waals surface area contributed by atoms with Crippen LogP contribution in [0.5, 0.6) is 0 Å². The van der Waals surface area contributed by atoms with E-state index in [9.17, 15) is 9.59 Å². The van der Waals surface area contributed by atoms with E-state index in [2.05, 4.69) is 49.9 Å². The highest BCUT2D eigenvalue weighted by atomic mass is 16.5. The van der Waals surface area contributed by atoms with Gasteiger partial charge in [0.25, 0.3) is 5.91 Å². The average molecular weight is 642 g/mol. The number of nitrogens with zero attached hydrogens (tertiary/aromatic N) is 3. The molecular formula is C41H43N3O4. The van der Waals surface area contributed by atoms with Gasteiger partial charge in [-0.15, -0.1) is 0 Å². The molecule has 2 fully saturated rings. The lowest BCUT2D eigenvalue weighted by atomic mass is 9.75. The van der Waals surface area contributed by atoms with E-state index in [-0.39, 0.29) is 23.8 Å². The normalized spacial score (nSPS) is 21.1. The molecule has 1 saturated heterocycles. The smallest absolute Gasteiger partial charge is 0.340 e. The van der Waals surface area contributed by atoms with E-state index < -0.39 is 5.97 Å². The first-order valence-corrected chi connectivity index (χ1v) is 16.9. The van der Waals surface area contributed by atoms with Crippen LogP contribution in [0.4, 0.5) is 22.7 Å². The molecule has 1 aliphatic carbocycles. The van der Waals surface area contributed by atoms with Gasteiger partial charge < -0.3 is 14.4 Å². The van der Waals surface area contributed by atoms with E-state index in [0.717, 1.165) is 41.9 Å². The van der Waals surface area contributed by atoms with Gasteiger partial charge in [0.2, 0.25) is 0 Å². The number of amidine groups is 1. The highest BCUT2D eigenvalue weighted by molar-refractivity contribution is 6.12. The number of carbonyl (C=O) groups is 2. The zero-order valence-corrected chi connectivity index (χ0v) is 28.1. The molecule has 2 aliphatic rings. The van der Waals surface area contributed by atoms with Crippen molar-refractivity contribution in [2.45, 2.75) is 53.1 Å². The minimum atomic E-state index is -0.400. The molecule has 3 atom stereocenters. The monoisotopic (exact) mass is 641 g/mol. The van der Waals surface area contributed by atoms with Crippen LogP contribution in [-0.2, 0) is 14.3 Å². The molecule has 48 heavy (non-hydrogen) atoms. The largest absolute Gasteiger partial charge is 0.458 e. The van der Waals surface area contributed by atoms with Crippen molar-refractivity contribution < 1.29 is 19.1 Å². The quantitative estimate of drug-likeness (QED) is 0.134. The molecule has 1 heterocycles. The van der Waals surface area contributed by atoms with Crippen molar-refractivity contribution in [1.82, 2.24) is 4.90 Å². The lowest BCUT2D eigenvalue weighted by Crippen LogP contribution is -2.35. The number of amides is 1. The fourth-order valence-corrected chi connectivity index (χ4v) is 6.64. The van der Waals surface area contributed by atoms with E-state index in [4.69, 9.17) is 14.5 Å². The minimum absolute atomic E-state index is 0.133. The van der Waals surface area contributed by atoms with Crippen molar-refractivity contribution in [2.24, 2.45) is 22.7 Å².